The first-order valence-electron chi connectivity index (χ1n) is 5.79. The summed E-state index contributed by atoms with van der Waals surface area (Å²) >= 11 is 7.20. The van der Waals surface area contributed by atoms with Gasteiger partial charge in [-0.1, -0.05) is 16.7 Å². The minimum absolute atomic E-state index is 0.0123. The fourth-order valence-electron chi connectivity index (χ4n) is 1.60. The maximum absolute atomic E-state index is 12.3. The highest BCUT2D eigenvalue weighted by molar-refractivity contribution is 7.98. The van der Waals surface area contributed by atoms with E-state index in [0.717, 1.165) is 11.8 Å². The molecule has 1 aromatic carbocycles. The maximum Gasteiger partial charge on any atom is 0.387 e. The maximum atomic E-state index is 12.3. The summed E-state index contributed by atoms with van der Waals surface area (Å²) < 4.78 is 30.3. The van der Waals surface area contributed by atoms with Crippen molar-refractivity contribution in [2.45, 2.75) is 11.5 Å². The molecule has 1 amide bonds. The summed E-state index contributed by atoms with van der Waals surface area (Å²) in [5.74, 6) is -0.536. The van der Waals surface area contributed by atoms with E-state index in [1.54, 1.807) is 13.3 Å². The molecule has 0 spiro atoms. The highest BCUT2D eigenvalue weighted by atomic mass is 35.5. The summed E-state index contributed by atoms with van der Waals surface area (Å²) in [5.41, 5.74) is 0.0932. The number of tetrazole rings is 1. The number of aromatic nitrogens is 4. The van der Waals surface area contributed by atoms with Crippen molar-refractivity contribution in [1.82, 2.24) is 20.2 Å². The van der Waals surface area contributed by atoms with Gasteiger partial charge in [-0.05, 0) is 28.8 Å². The van der Waals surface area contributed by atoms with Crippen LogP contribution in [-0.4, -0.2) is 39.0 Å². The zero-order valence-corrected chi connectivity index (χ0v) is 13.0. The molecule has 1 heterocycles. The standard InChI is InChI=1S/C11H10ClF2N5O2S/c1-19-11(16-17-18-19)15-9(20)5-3-4-6(21-10(13)14)8(22-2)7(5)12/h3-4,10H,1-2H3,(H,15,16,18,20). The number of hydrogen-bond donors (Lipinski definition) is 1. The molecule has 0 saturated heterocycles. The molecule has 0 radical (unpaired) electrons. The van der Waals surface area contributed by atoms with Gasteiger partial charge >= 0.3 is 6.61 Å². The van der Waals surface area contributed by atoms with Gasteiger partial charge in [0.05, 0.1) is 15.5 Å². The molecule has 0 aliphatic carbocycles. The Hall–Kier alpha value is -1.94. The van der Waals surface area contributed by atoms with Crippen LogP contribution in [0.15, 0.2) is 17.0 Å². The van der Waals surface area contributed by atoms with Crippen LogP contribution in [0.3, 0.4) is 0 Å². The molecule has 0 bridgehead atoms. The number of anilines is 1. The number of alkyl halides is 2. The van der Waals surface area contributed by atoms with Crippen LogP contribution in [0, 0.1) is 0 Å². The lowest BCUT2D eigenvalue weighted by Gasteiger charge is -2.13. The molecule has 1 N–H and O–H groups in total. The van der Waals surface area contributed by atoms with Gasteiger partial charge in [-0.2, -0.15) is 8.78 Å². The Morgan fingerprint density at radius 2 is 2.23 bits per heavy atom. The lowest BCUT2D eigenvalue weighted by Crippen LogP contribution is -2.16. The average molecular weight is 350 g/mol. The number of benzene rings is 1. The summed E-state index contributed by atoms with van der Waals surface area (Å²) in [6.45, 7) is -2.98. The fraction of sp³-hybridized carbons (Fsp3) is 0.273. The molecule has 2 rings (SSSR count). The van der Waals surface area contributed by atoms with Gasteiger partial charge in [-0.3, -0.25) is 10.1 Å². The third-order valence-corrected chi connectivity index (χ3v) is 3.89. The van der Waals surface area contributed by atoms with Crippen LogP contribution in [-0.2, 0) is 7.05 Å². The number of thioether (sulfide) groups is 1. The average Bonchev–Trinajstić information content (AvgIpc) is 2.84. The molecule has 7 nitrogen and oxygen atoms in total. The van der Waals surface area contributed by atoms with Crippen molar-refractivity contribution in [3.05, 3.63) is 22.7 Å². The normalized spacial score (nSPS) is 10.8. The lowest BCUT2D eigenvalue weighted by molar-refractivity contribution is -0.0516. The van der Waals surface area contributed by atoms with E-state index in [2.05, 4.69) is 25.6 Å². The van der Waals surface area contributed by atoms with Crippen molar-refractivity contribution in [2.24, 2.45) is 7.05 Å². The smallest absolute Gasteiger partial charge is 0.387 e. The van der Waals surface area contributed by atoms with Crippen LogP contribution in [0.1, 0.15) is 10.4 Å². The van der Waals surface area contributed by atoms with Gasteiger partial charge in [0, 0.05) is 7.05 Å². The molecule has 0 fully saturated rings. The van der Waals surface area contributed by atoms with Gasteiger partial charge in [-0.25, -0.2) is 4.68 Å². The van der Waals surface area contributed by atoms with E-state index in [-0.39, 0.29) is 27.2 Å². The summed E-state index contributed by atoms with van der Waals surface area (Å²) in [5, 5.41) is 13.0. The van der Waals surface area contributed by atoms with Crippen LogP contribution in [0.4, 0.5) is 14.7 Å². The first-order chi connectivity index (χ1) is 10.4. The number of aryl methyl sites for hydroxylation is 1. The Morgan fingerprint density at radius 3 is 2.77 bits per heavy atom. The predicted octanol–water partition coefficient (Wildman–Crippen LogP) is 2.44. The molecule has 0 aliphatic heterocycles. The quantitative estimate of drug-likeness (QED) is 0.835. The molecular formula is C11H10ClF2N5O2S. The van der Waals surface area contributed by atoms with Gasteiger partial charge in [0.25, 0.3) is 5.91 Å². The Kier molecular flexibility index (Phi) is 5.14. The molecule has 22 heavy (non-hydrogen) atoms. The molecule has 0 saturated carbocycles. The van der Waals surface area contributed by atoms with Gasteiger partial charge < -0.3 is 4.74 Å². The second kappa shape index (κ2) is 6.88. The minimum Gasteiger partial charge on any atom is -0.434 e. The Bertz CT molecular complexity index is 697. The molecule has 0 atom stereocenters. The zero-order chi connectivity index (χ0) is 16.3. The Labute approximate surface area is 133 Å². The third-order valence-electron chi connectivity index (χ3n) is 2.57. The van der Waals surface area contributed by atoms with Crippen LogP contribution in [0.25, 0.3) is 0 Å². The van der Waals surface area contributed by atoms with Crippen LogP contribution < -0.4 is 10.1 Å². The Balaban J connectivity index is 2.31. The van der Waals surface area contributed by atoms with E-state index in [1.807, 2.05) is 0 Å². The highest BCUT2D eigenvalue weighted by Crippen LogP contribution is 2.38. The van der Waals surface area contributed by atoms with Crippen molar-refractivity contribution in [3.63, 3.8) is 0 Å². The van der Waals surface area contributed by atoms with E-state index < -0.39 is 12.5 Å². The first kappa shape index (κ1) is 16.4. The molecule has 0 aliphatic rings. The fourth-order valence-corrected chi connectivity index (χ4v) is 2.68. The highest BCUT2D eigenvalue weighted by Gasteiger charge is 2.20. The second-order valence-corrected chi connectivity index (χ2v) is 5.11. The van der Waals surface area contributed by atoms with E-state index in [1.165, 1.54) is 16.8 Å². The molecule has 2 aromatic rings. The lowest BCUT2D eigenvalue weighted by atomic mass is 10.2. The molecule has 1 aromatic heterocycles. The number of hydrogen-bond acceptors (Lipinski definition) is 6. The number of ether oxygens (including phenoxy) is 1. The van der Waals surface area contributed by atoms with E-state index in [0.29, 0.717) is 0 Å². The number of nitrogens with zero attached hydrogens (tertiary/aromatic N) is 4. The number of halogens is 3. The molecule has 11 heteroatoms. The molecule has 118 valence electrons. The zero-order valence-electron chi connectivity index (χ0n) is 11.4. The predicted molar refractivity (Wildman–Crippen MR) is 76.6 cm³/mol. The number of carbonyl (C=O) groups is 1. The van der Waals surface area contributed by atoms with Gasteiger partial charge in [0.15, 0.2) is 0 Å². The van der Waals surface area contributed by atoms with Crippen molar-refractivity contribution < 1.29 is 18.3 Å². The van der Waals surface area contributed by atoms with Gasteiger partial charge in [0.1, 0.15) is 5.75 Å². The summed E-state index contributed by atoms with van der Waals surface area (Å²) in [7, 11) is 1.55. The van der Waals surface area contributed by atoms with Crippen LogP contribution in [0.5, 0.6) is 5.75 Å². The summed E-state index contributed by atoms with van der Waals surface area (Å²) in [4.78, 5) is 12.4. The van der Waals surface area contributed by atoms with Crippen molar-refractivity contribution in [1.29, 1.82) is 0 Å². The third kappa shape index (κ3) is 3.45. The number of nitrogens with one attached hydrogen (secondary N) is 1. The second-order valence-electron chi connectivity index (χ2n) is 3.92. The van der Waals surface area contributed by atoms with Crippen LogP contribution >= 0.6 is 23.4 Å². The number of carbonyl (C=O) groups excluding carboxylic acids is 1. The van der Waals surface area contributed by atoms with Crippen molar-refractivity contribution in [3.8, 4) is 5.75 Å². The monoisotopic (exact) mass is 349 g/mol. The Morgan fingerprint density at radius 1 is 1.50 bits per heavy atom. The molecular weight excluding hydrogens is 340 g/mol. The minimum atomic E-state index is -2.98. The van der Waals surface area contributed by atoms with Crippen molar-refractivity contribution in [2.75, 3.05) is 11.6 Å². The SMILES string of the molecule is CSc1c(OC(F)F)ccc(C(=O)Nc2nnnn2C)c1Cl. The van der Waals surface area contributed by atoms with E-state index in [4.69, 9.17) is 11.6 Å². The first-order valence-corrected chi connectivity index (χ1v) is 7.39. The summed E-state index contributed by atoms with van der Waals surface area (Å²) in [6, 6.07) is 2.55. The summed E-state index contributed by atoms with van der Waals surface area (Å²) in [6.07, 6.45) is 1.63. The van der Waals surface area contributed by atoms with E-state index in [9.17, 15) is 13.6 Å². The van der Waals surface area contributed by atoms with Gasteiger partial charge in [0.2, 0.25) is 5.95 Å². The largest absolute Gasteiger partial charge is 0.434 e. The van der Waals surface area contributed by atoms with E-state index >= 15 is 0 Å². The topological polar surface area (TPSA) is 81.9 Å². The molecule has 0 unspecified atom stereocenters. The number of rotatable bonds is 5. The number of amides is 1. The van der Waals surface area contributed by atoms with Gasteiger partial charge in [-0.15, -0.1) is 11.8 Å². The van der Waals surface area contributed by atoms with Crippen molar-refractivity contribution >= 4 is 35.2 Å². The van der Waals surface area contributed by atoms with Crippen LogP contribution in [0.2, 0.25) is 5.02 Å².